The van der Waals surface area contributed by atoms with E-state index in [4.69, 9.17) is 0 Å². The highest BCUT2D eigenvalue weighted by Gasteiger charge is 2.32. The van der Waals surface area contributed by atoms with Gasteiger partial charge in [-0.15, -0.1) is 6.58 Å². The summed E-state index contributed by atoms with van der Waals surface area (Å²) in [5, 5.41) is 2.60. The lowest BCUT2D eigenvalue weighted by molar-refractivity contribution is -0.122. The lowest BCUT2D eigenvalue weighted by atomic mass is 10.2. The van der Waals surface area contributed by atoms with Gasteiger partial charge in [-0.25, -0.2) is 4.79 Å². The molecule has 1 aliphatic heterocycles. The van der Waals surface area contributed by atoms with E-state index in [1.165, 1.54) is 6.08 Å². The molecule has 0 saturated carbocycles. The molecule has 0 radical (unpaired) electrons. The fourth-order valence-electron chi connectivity index (χ4n) is 2.39. The van der Waals surface area contributed by atoms with Crippen LogP contribution in [0.15, 0.2) is 65.4 Å². The van der Waals surface area contributed by atoms with E-state index >= 15 is 0 Å². The van der Waals surface area contributed by atoms with Crippen LogP contribution < -0.4 is 5.32 Å². The molecule has 5 nitrogen and oxygen atoms in total. The lowest BCUT2D eigenvalue weighted by Gasteiger charge is -2.08. The van der Waals surface area contributed by atoms with Crippen molar-refractivity contribution < 1.29 is 9.59 Å². The molecule has 0 spiro atoms. The molecule has 23 heavy (non-hydrogen) atoms. The average molecular weight is 372 g/mol. The lowest BCUT2D eigenvalue weighted by Crippen LogP contribution is -2.30. The summed E-state index contributed by atoms with van der Waals surface area (Å²) in [6, 6.07) is 11.2. The van der Waals surface area contributed by atoms with Gasteiger partial charge in [0.15, 0.2) is 0 Å². The predicted molar refractivity (Wildman–Crippen MR) is 91.9 cm³/mol. The van der Waals surface area contributed by atoms with Crippen molar-refractivity contribution in [3.8, 4) is 5.69 Å². The number of halogens is 1. The van der Waals surface area contributed by atoms with Gasteiger partial charge in [-0.2, -0.15) is 0 Å². The highest BCUT2D eigenvalue weighted by Crippen LogP contribution is 2.20. The van der Waals surface area contributed by atoms with E-state index in [2.05, 4.69) is 27.8 Å². The summed E-state index contributed by atoms with van der Waals surface area (Å²) in [5.74, 6) is -0.350. The molecule has 0 atom stereocenters. The number of hydrogen-bond donors (Lipinski definition) is 1. The number of nitrogens with one attached hydrogen (secondary N) is 1. The molecule has 0 bridgehead atoms. The molecule has 0 unspecified atom stereocenters. The number of imide groups is 1. The van der Waals surface area contributed by atoms with Crippen molar-refractivity contribution in [1.82, 2.24) is 14.8 Å². The van der Waals surface area contributed by atoms with E-state index < -0.39 is 6.03 Å². The quantitative estimate of drug-likeness (QED) is 0.509. The summed E-state index contributed by atoms with van der Waals surface area (Å²) in [7, 11) is 0. The first-order valence-electron chi connectivity index (χ1n) is 6.99. The summed E-state index contributed by atoms with van der Waals surface area (Å²) in [5.41, 5.74) is 2.01. The first-order chi connectivity index (χ1) is 11.1. The summed E-state index contributed by atoms with van der Waals surface area (Å²) < 4.78 is 2.90. The van der Waals surface area contributed by atoms with Crippen LogP contribution in [0.4, 0.5) is 4.79 Å². The first-order valence-corrected chi connectivity index (χ1v) is 7.78. The Morgan fingerprint density at radius 2 is 2.04 bits per heavy atom. The topological polar surface area (TPSA) is 54.3 Å². The van der Waals surface area contributed by atoms with E-state index in [1.54, 1.807) is 6.08 Å². The molecule has 6 heteroatoms. The van der Waals surface area contributed by atoms with Crippen molar-refractivity contribution in [3.63, 3.8) is 0 Å². The molecule has 3 amide bonds. The number of nitrogens with zero attached hydrogens (tertiary/aromatic N) is 2. The second-order valence-electron chi connectivity index (χ2n) is 4.98. The highest BCUT2D eigenvalue weighted by atomic mass is 79.9. The SMILES string of the molecule is C=CCN1C(=O)N/C(=C/c2cccn2-c2cccc(Br)c2)C1=O. The second kappa shape index (κ2) is 6.26. The molecule has 0 aliphatic carbocycles. The van der Waals surface area contributed by atoms with Crippen molar-refractivity contribution in [3.05, 3.63) is 71.1 Å². The number of carbonyl (C=O) groups is 2. The van der Waals surface area contributed by atoms with Crippen LogP contribution in [0.25, 0.3) is 11.8 Å². The molecule has 1 aromatic carbocycles. The summed E-state index contributed by atoms with van der Waals surface area (Å²) in [4.78, 5) is 25.2. The van der Waals surface area contributed by atoms with Gasteiger partial charge in [0.05, 0.1) is 0 Å². The van der Waals surface area contributed by atoms with Gasteiger partial charge in [0.25, 0.3) is 5.91 Å². The molecular weight excluding hydrogens is 358 g/mol. The molecule has 2 aromatic rings. The molecule has 1 saturated heterocycles. The number of rotatable bonds is 4. The molecule has 1 N–H and O–H groups in total. The highest BCUT2D eigenvalue weighted by molar-refractivity contribution is 9.10. The van der Waals surface area contributed by atoms with Crippen LogP contribution in [-0.4, -0.2) is 28.0 Å². The van der Waals surface area contributed by atoms with E-state index in [0.29, 0.717) is 0 Å². The monoisotopic (exact) mass is 371 g/mol. The Morgan fingerprint density at radius 3 is 2.78 bits per heavy atom. The van der Waals surface area contributed by atoms with Gasteiger partial charge in [0.1, 0.15) is 5.70 Å². The zero-order valence-electron chi connectivity index (χ0n) is 12.2. The number of amides is 3. The molecule has 116 valence electrons. The predicted octanol–water partition coefficient (Wildman–Crippen LogP) is 3.32. The Labute approximate surface area is 142 Å². The van der Waals surface area contributed by atoms with Crippen molar-refractivity contribution in [2.45, 2.75) is 0 Å². The van der Waals surface area contributed by atoms with Crippen molar-refractivity contribution >= 4 is 33.9 Å². The van der Waals surface area contributed by atoms with E-state index in [9.17, 15) is 9.59 Å². The maximum atomic E-state index is 12.2. The third-order valence-electron chi connectivity index (χ3n) is 3.43. The van der Waals surface area contributed by atoms with E-state index in [0.717, 1.165) is 20.8 Å². The number of benzene rings is 1. The van der Waals surface area contributed by atoms with Gasteiger partial charge in [-0.3, -0.25) is 9.69 Å². The van der Waals surface area contributed by atoms with Crippen LogP contribution in [0.2, 0.25) is 0 Å². The second-order valence-corrected chi connectivity index (χ2v) is 5.89. The summed E-state index contributed by atoms with van der Waals surface area (Å²) in [6.07, 6.45) is 5.09. The van der Waals surface area contributed by atoms with Crippen LogP contribution in [-0.2, 0) is 4.79 Å². The van der Waals surface area contributed by atoms with E-state index in [1.807, 2.05) is 47.2 Å². The largest absolute Gasteiger partial charge is 0.329 e. The number of hydrogen-bond acceptors (Lipinski definition) is 2. The number of urea groups is 1. The van der Waals surface area contributed by atoms with Gasteiger partial charge < -0.3 is 9.88 Å². The number of aromatic nitrogens is 1. The van der Waals surface area contributed by atoms with Crippen LogP contribution in [0.3, 0.4) is 0 Å². The first kappa shape index (κ1) is 15.3. The standard InChI is InChI=1S/C17H14BrN3O2/c1-2-8-21-16(22)15(19-17(21)23)11-14-7-4-9-20(14)13-6-3-5-12(18)10-13/h2-7,9-11H,1,8H2,(H,19,23)/b15-11+. The Balaban J connectivity index is 1.96. The van der Waals surface area contributed by atoms with Gasteiger partial charge in [-0.05, 0) is 36.4 Å². The Bertz CT molecular complexity index is 823. The van der Waals surface area contributed by atoms with Gasteiger partial charge >= 0.3 is 6.03 Å². The van der Waals surface area contributed by atoms with Gasteiger partial charge in [0, 0.05) is 28.6 Å². The molecule has 1 fully saturated rings. The van der Waals surface area contributed by atoms with Gasteiger partial charge in [0.2, 0.25) is 0 Å². The smallest absolute Gasteiger partial charge is 0.317 e. The normalized spacial score (nSPS) is 16.0. The minimum Gasteiger partial charge on any atom is -0.317 e. The third-order valence-corrected chi connectivity index (χ3v) is 3.93. The van der Waals surface area contributed by atoms with Gasteiger partial charge in [-0.1, -0.05) is 28.1 Å². The fourth-order valence-corrected chi connectivity index (χ4v) is 2.77. The Morgan fingerprint density at radius 1 is 1.22 bits per heavy atom. The molecule has 1 aromatic heterocycles. The average Bonchev–Trinajstić information content (AvgIpc) is 3.08. The van der Waals surface area contributed by atoms with Crippen LogP contribution in [0, 0.1) is 0 Å². The molecule has 2 heterocycles. The van der Waals surface area contributed by atoms with Crippen molar-refractivity contribution in [2.24, 2.45) is 0 Å². The molecule has 1 aliphatic rings. The third kappa shape index (κ3) is 2.98. The Hall–Kier alpha value is -2.60. The Kier molecular flexibility index (Phi) is 4.16. The number of carbonyl (C=O) groups excluding carboxylic acids is 2. The fraction of sp³-hybridized carbons (Fsp3) is 0.0588. The maximum Gasteiger partial charge on any atom is 0.329 e. The van der Waals surface area contributed by atoms with E-state index in [-0.39, 0.29) is 18.1 Å². The summed E-state index contributed by atoms with van der Waals surface area (Å²) >= 11 is 3.45. The zero-order chi connectivity index (χ0) is 16.4. The minimum absolute atomic E-state index is 0.189. The molecular formula is C17H14BrN3O2. The zero-order valence-corrected chi connectivity index (χ0v) is 13.8. The van der Waals surface area contributed by atoms with Crippen LogP contribution >= 0.6 is 15.9 Å². The molecule has 3 rings (SSSR count). The van der Waals surface area contributed by atoms with Crippen molar-refractivity contribution in [2.75, 3.05) is 6.54 Å². The van der Waals surface area contributed by atoms with Crippen LogP contribution in [0.1, 0.15) is 5.69 Å². The summed E-state index contributed by atoms with van der Waals surface area (Å²) in [6.45, 7) is 3.74. The minimum atomic E-state index is -0.429. The maximum absolute atomic E-state index is 12.2. The van der Waals surface area contributed by atoms with Crippen LogP contribution in [0.5, 0.6) is 0 Å². The van der Waals surface area contributed by atoms with Crippen molar-refractivity contribution in [1.29, 1.82) is 0 Å².